The summed E-state index contributed by atoms with van der Waals surface area (Å²) in [6, 6.07) is 6.60. The number of hydrogen-bond acceptors (Lipinski definition) is 6. The number of fused-ring (bicyclic) bond motifs is 2. The summed E-state index contributed by atoms with van der Waals surface area (Å²) >= 11 is 0. The maximum Gasteiger partial charge on any atom is 0.146 e. The third kappa shape index (κ3) is 2.93. The topological polar surface area (TPSA) is 58.7 Å². The summed E-state index contributed by atoms with van der Waals surface area (Å²) in [6.45, 7) is 9.66. The normalized spacial score (nSPS) is 22.0. The quantitative estimate of drug-likeness (QED) is 0.852. The van der Waals surface area contributed by atoms with E-state index < -0.39 is 0 Å². The summed E-state index contributed by atoms with van der Waals surface area (Å²) in [6.07, 6.45) is 1.82. The van der Waals surface area contributed by atoms with Crippen molar-refractivity contribution < 1.29 is 9.47 Å². The average Bonchev–Trinajstić information content (AvgIpc) is 2.77. The Hall–Kier alpha value is -2.31. The minimum atomic E-state index is -0.0739. The van der Waals surface area contributed by atoms with Gasteiger partial charge < -0.3 is 25.0 Å². The van der Waals surface area contributed by atoms with E-state index >= 15 is 0 Å². The van der Waals surface area contributed by atoms with Gasteiger partial charge in [-0.15, -0.1) is 0 Å². The molecule has 0 aliphatic carbocycles. The van der Waals surface area contributed by atoms with E-state index in [4.69, 9.17) is 9.47 Å². The number of nitrogens with one attached hydrogen (secondary N) is 2. The number of rotatable bonds is 2. The Bertz CT molecular complexity index is 860. The molecule has 3 aliphatic rings. The first-order valence-corrected chi connectivity index (χ1v) is 9.81. The third-order valence-electron chi connectivity index (χ3n) is 5.82. The van der Waals surface area contributed by atoms with Gasteiger partial charge in [-0.3, -0.25) is 0 Å². The molecule has 2 N–H and O–H groups in total. The zero-order valence-corrected chi connectivity index (χ0v) is 15.9. The van der Waals surface area contributed by atoms with Crippen LogP contribution in [0.4, 0.5) is 17.2 Å². The lowest BCUT2D eigenvalue weighted by atomic mass is 9.92. The van der Waals surface area contributed by atoms with Gasteiger partial charge >= 0.3 is 0 Å². The SMILES string of the molecule is Cc1cc(C2CNC2)cc2c1O[C@H](C)c1c(N3CCOCC3)ccnc1N2. The van der Waals surface area contributed by atoms with Crippen LogP contribution in [0.1, 0.15) is 35.6 Å². The average molecular weight is 366 g/mol. The number of hydrogen-bond donors (Lipinski definition) is 2. The molecule has 2 saturated heterocycles. The van der Waals surface area contributed by atoms with Crippen molar-refractivity contribution in [3.8, 4) is 5.75 Å². The maximum absolute atomic E-state index is 6.46. The van der Waals surface area contributed by atoms with E-state index in [0.717, 1.165) is 62.2 Å². The van der Waals surface area contributed by atoms with Gasteiger partial charge in [0.2, 0.25) is 0 Å². The number of aryl methyl sites for hydroxylation is 1. The van der Waals surface area contributed by atoms with Crippen molar-refractivity contribution in [2.45, 2.75) is 25.9 Å². The standard InChI is InChI=1S/C21H26N4O2/c1-13-9-15(16-11-22-12-16)10-17-20(13)27-14(2)19-18(3-4-23-21(19)24-17)25-5-7-26-8-6-25/h3-4,9-10,14,16,22H,5-8,11-12H2,1-2H3,(H,23,24)/t14-/m1/s1. The van der Waals surface area contributed by atoms with Crippen molar-refractivity contribution in [2.24, 2.45) is 0 Å². The molecule has 1 atom stereocenters. The molecule has 6 heteroatoms. The Balaban J connectivity index is 1.56. The fraction of sp³-hybridized carbons (Fsp3) is 0.476. The van der Waals surface area contributed by atoms with Crippen LogP contribution >= 0.6 is 0 Å². The second-order valence-corrected chi connectivity index (χ2v) is 7.65. The number of pyridine rings is 1. The first-order valence-electron chi connectivity index (χ1n) is 9.81. The highest BCUT2D eigenvalue weighted by Gasteiger charge is 2.29. The smallest absolute Gasteiger partial charge is 0.146 e. The van der Waals surface area contributed by atoms with Gasteiger partial charge in [-0.2, -0.15) is 0 Å². The molecule has 0 amide bonds. The molecule has 0 bridgehead atoms. The predicted octanol–water partition coefficient (Wildman–Crippen LogP) is 3.11. The molecule has 0 radical (unpaired) electrons. The third-order valence-corrected chi connectivity index (χ3v) is 5.82. The highest BCUT2D eigenvalue weighted by Crippen LogP contribution is 2.44. The highest BCUT2D eigenvalue weighted by molar-refractivity contribution is 5.75. The Morgan fingerprint density at radius 2 is 2.00 bits per heavy atom. The van der Waals surface area contributed by atoms with Gasteiger partial charge in [-0.1, -0.05) is 6.07 Å². The lowest BCUT2D eigenvalue weighted by Crippen LogP contribution is -2.39. The minimum Gasteiger partial charge on any atom is -0.483 e. The van der Waals surface area contributed by atoms with E-state index in [1.807, 2.05) is 6.20 Å². The summed E-state index contributed by atoms with van der Waals surface area (Å²) in [5.41, 5.74) is 5.88. The molecule has 2 aromatic rings. The van der Waals surface area contributed by atoms with Crippen LogP contribution in [0.2, 0.25) is 0 Å². The molecule has 0 unspecified atom stereocenters. The fourth-order valence-electron chi connectivity index (χ4n) is 4.22. The molecule has 0 spiro atoms. The van der Waals surface area contributed by atoms with Crippen molar-refractivity contribution >= 4 is 17.2 Å². The number of anilines is 3. The number of aromatic nitrogens is 1. The largest absolute Gasteiger partial charge is 0.483 e. The molecule has 6 nitrogen and oxygen atoms in total. The van der Waals surface area contributed by atoms with Crippen molar-refractivity contribution in [1.82, 2.24) is 10.3 Å². The molecule has 4 heterocycles. The monoisotopic (exact) mass is 366 g/mol. The van der Waals surface area contributed by atoms with Gasteiger partial charge in [0, 0.05) is 44.0 Å². The summed E-state index contributed by atoms with van der Waals surface area (Å²) in [7, 11) is 0. The fourth-order valence-corrected chi connectivity index (χ4v) is 4.22. The Morgan fingerprint density at radius 3 is 2.74 bits per heavy atom. The number of benzene rings is 1. The highest BCUT2D eigenvalue weighted by atomic mass is 16.5. The first-order chi connectivity index (χ1) is 13.2. The van der Waals surface area contributed by atoms with E-state index in [1.54, 1.807) is 0 Å². The van der Waals surface area contributed by atoms with E-state index in [2.05, 4.69) is 52.6 Å². The van der Waals surface area contributed by atoms with Crippen LogP contribution in [-0.2, 0) is 4.74 Å². The maximum atomic E-state index is 6.46. The Morgan fingerprint density at radius 1 is 1.19 bits per heavy atom. The van der Waals surface area contributed by atoms with Crippen LogP contribution in [0.3, 0.4) is 0 Å². The van der Waals surface area contributed by atoms with Gasteiger partial charge in [0.1, 0.15) is 17.7 Å². The van der Waals surface area contributed by atoms with Crippen LogP contribution in [-0.4, -0.2) is 44.4 Å². The summed E-state index contributed by atoms with van der Waals surface area (Å²) in [4.78, 5) is 7.04. The lowest BCUT2D eigenvalue weighted by Gasteiger charge is -2.31. The lowest BCUT2D eigenvalue weighted by molar-refractivity contribution is 0.122. The van der Waals surface area contributed by atoms with Crippen LogP contribution < -0.4 is 20.3 Å². The molecule has 142 valence electrons. The van der Waals surface area contributed by atoms with Crippen LogP contribution in [0.25, 0.3) is 0 Å². The van der Waals surface area contributed by atoms with Gasteiger partial charge in [0.15, 0.2) is 0 Å². The van der Waals surface area contributed by atoms with E-state index in [-0.39, 0.29) is 6.10 Å². The Labute approximate surface area is 159 Å². The summed E-state index contributed by atoms with van der Waals surface area (Å²) in [5, 5.41) is 6.94. The van der Waals surface area contributed by atoms with Crippen molar-refractivity contribution in [3.05, 3.63) is 41.1 Å². The number of ether oxygens (including phenoxy) is 2. The summed E-state index contributed by atoms with van der Waals surface area (Å²) < 4.78 is 12.0. The van der Waals surface area contributed by atoms with Crippen LogP contribution in [0.5, 0.6) is 5.75 Å². The van der Waals surface area contributed by atoms with Crippen molar-refractivity contribution in [1.29, 1.82) is 0 Å². The minimum absolute atomic E-state index is 0.0739. The summed E-state index contributed by atoms with van der Waals surface area (Å²) in [5.74, 6) is 2.42. The number of morpholine rings is 1. The second-order valence-electron chi connectivity index (χ2n) is 7.65. The van der Waals surface area contributed by atoms with E-state index in [1.165, 1.54) is 16.8 Å². The Kier molecular flexibility index (Phi) is 4.17. The number of nitrogens with zero attached hydrogens (tertiary/aromatic N) is 2. The molecule has 3 aliphatic heterocycles. The van der Waals surface area contributed by atoms with Gasteiger partial charge in [0.05, 0.1) is 24.5 Å². The molecule has 1 aromatic carbocycles. The molecule has 1 aromatic heterocycles. The zero-order chi connectivity index (χ0) is 18.4. The van der Waals surface area contributed by atoms with E-state index in [9.17, 15) is 0 Å². The first kappa shape index (κ1) is 16.8. The van der Waals surface area contributed by atoms with Gasteiger partial charge in [0.25, 0.3) is 0 Å². The predicted molar refractivity (Wildman–Crippen MR) is 106 cm³/mol. The van der Waals surface area contributed by atoms with Crippen LogP contribution in [0.15, 0.2) is 24.4 Å². The molecular weight excluding hydrogens is 340 g/mol. The molecule has 2 fully saturated rings. The van der Waals surface area contributed by atoms with Gasteiger partial charge in [-0.05, 0) is 37.1 Å². The molecular formula is C21H26N4O2. The molecule has 27 heavy (non-hydrogen) atoms. The second kappa shape index (κ2) is 6.69. The zero-order valence-electron chi connectivity index (χ0n) is 15.9. The molecule has 5 rings (SSSR count). The molecule has 0 saturated carbocycles. The van der Waals surface area contributed by atoms with E-state index in [0.29, 0.717) is 5.92 Å². The van der Waals surface area contributed by atoms with Crippen molar-refractivity contribution in [3.63, 3.8) is 0 Å². The van der Waals surface area contributed by atoms with Crippen molar-refractivity contribution in [2.75, 3.05) is 49.6 Å². The van der Waals surface area contributed by atoms with Gasteiger partial charge in [-0.25, -0.2) is 4.98 Å². The van der Waals surface area contributed by atoms with Crippen LogP contribution in [0, 0.1) is 6.92 Å².